The van der Waals surface area contributed by atoms with E-state index in [-0.39, 0.29) is 23.6 Å². The van der Waals surface area contributed by atoms with Crippen LogP contribution in [-0.4, -0.2) is 27.7 Å². The molecule has 0 radical (unpaired) electrons. The predicted molar refractivity (Wildman–Crippen MR) is 138 cm³/mol. The highest BCUT2D eigenvalue weighted by Gasteiger charge is 2.22. The number of benzene rings is 4. The van der Waals surface area contributed by atoms with E-state index in [1.807, 2.05) is 67.6 Å². The highest BCUT2D eigenvalue weighted by molar-refractivity contribution is 6.42. The fourth-order valence-corrected chi connectivity index (χ4v) is 4.05. The van der Waals surface area contributed by atoms with Gasteiger partial charge in [0.15, 0.2) is 5.78 Å². The number of rotatable bonds is 7. The molecule has 0 saturated heterocycles. The van der Waals surface area contributed by atoms with E-state index >= 15 is 0 Å². The van der Waals surface area contributed by atoms with Crippen molar-refractivity contribution in [3.8, 4) is 22.6 Å². The number of anilines is 1. The Labute approximate surface area is 209 Å². The summed E-state index contributed by atoms with van der Waals surface area (Å²) in [5, 5.41) is 19.9. The number of phenolic OH excluding ortho intramolecular Hbond substituents is 2. The van der Waals surface area contributed by atoms with Crippen molar-refractivity contribution in [2.75, 3.05) is 4.90 Å². The fourth-order valence-electron chi connectivity index (χ4n) is 4.05. The molecule has 4 aromatic rings. The van der Waals surface area contributed by atoms with Gasteiger partial charge in [-0.1, -0.05) is 54.6 Å². The Kier molecular flexibility index (Phi) is 6.97. The van der Waals surface area contributed by atoms with Gasteiger partial charge in [-0.25, -0.2) is 0 Å². The Morgan fingerprint density at radius 1 is 0.806 bits per heavy atom. The zero-order valence-electron chi connectivity index (χ0n) is 19.9. The topological polar surface area (TPSA) is 94.9 Å². The summed E-state index contributed by atoms with van der Waals surface area (Å²) in [6, 6.07) is 26.0. The first-order chi connectivity index (χ1) is 17.2. The number of carbonyl (C=O) groups is 3. The molecule has 4 aromatic carbocycles. The van der Waals surface area contributed by atoms with Crippen LogP contribution in [0.2, 0.25) is 0 Å². The van der Waals surface area contributed by atoms with Crippen LogP contribution in [0.15, 0.2) is 91.0 Å². The minimum absolute atomic E-state index is 0.0781. The van der Waals surface area contributed by atoms with Gasteiger partial charge in [-0.3, -0.25) is 14.4 Å². The average molecular weight is 480 g/mol. The van der Waals surface area contributed by atoms with Crippen LogP contribution >= 0.6 is 0 Å². The van der Waals surface area contributed by atoms with Crippen molar-refractivity contribution in [3.05, 3.63) is 113 Å². The number of hydrogen-bond acceptors (Lipinski definition) is 5. The van der Waals surface area contributed by atoms with Crippen LogP contribution in [0.25, 0.3) is 11.1 Å². The third-order valence-corrected chi connectivity index (χ3v) is 5.94. The summed E-state index contributed by atoms with van der Waals surface area (Å²) in [6.07, 6.45) is 0. The molecule has 180 valence electrons. The van der Waals surface area contributed by atoms with Crippen LogP contribution < -0.4 is 4.90 Å². The minimum atomic E-state index is -0.521. The first kappa shape index (κ1) is 24.4. The first-order valence-corrected chi connectivity index (χ1v) is 11.4. The molecule has 4 rings (SSSR count). The highest BCUT2D eigenvalue weighted by atomic mass is 16.3. The second kappa shape index (κ2) is 10.3. The van der Waals surface area contributed by atoms with Crippen LogP contribution in [0, 0.1) is 6.92 Å². The molecule has 6 nitrogen and oxygen atoms in total. The lowest BCUT2D eigenvalue weighted by Gasteiger charge is -2.24. The molecule has 2 N–H and O–H groups in total. The van der Waals surface area contributed by atoms with Crippen LogP contribution in [0.4, 0.5) is 5.69 Å². The van der Waals surface area contributed by atoms with Gasteiger partial charge in [0.2, 0.25) is 5.78 Å². The van der Waals surface area contributed by atoms with Crippen molar-refractivity contribution >= 4 is 23.2 Å². The van der Waals surface area contributed by atoms with Gasteiger partial charge in [-0.05, 0) is 59.5 Å². The van der Waals surface area contributed by atoms with Crippen LogP contribution in [0.3, 0.4) is 0 Å². The van der Waals surface area contributed by atoms with Crippen molar-refractivity contribution < 1.29 is 24.6 Å². The molecule has 6 heteroatoms. The fraction of sp³-hybridized carbons (Fsp3) is 0.100. The van der Waals surface area contributed by atoms with Gasteiger partial charge in [0, 0.05) is 24.2 Å². The van der Waals surface area contributed by atoms with Crippen LogP contribution in [0.1, 0.15) is 38.8 Å². The number of aryl methyl sites for hydroxylation is 1. The van der Waals surface area contributed by atoms with Crippen molar-refractivity contribution in [2.24, 2.45) is 0 Å². The third kappa shape index (κ3) is 5.18. The second-order valence-electron chi connectivity index (χ2n) is 8.54. The molecule has 0 saturated carbocycles. The molecular formula is C30H25NO5. The summed E-state index contributed by atoms with van der Waals surface area (Å²) in [4.78, 5) is 38.5. The van der Waals surface area contributed by atoms with E-state index in [2.05, 4.69) is 0 Å². The molecule has 0 bridgehead atoms. The zero-order valence-corrected chi connectivity index (χ0v) is 19.9. The maximum atomic E-state index is 13.5. The maximum Gasteiger partial charge on any atom is 0.262 e. The van der Waals surface area contributed by atoms with Crippen LogP contribution in [0.5, 0.6) is 11.5 Å². The molecule has 0 aliphatic carbocycles. The molecule has 1 amide bonds. The normalized spacial score (nSPS) is 10.6. The van der Waals surface area contributed by atoms with Crippen LogP contribution in [-0.2, 0) is 11.3 Å². The number of Topliss-reactive ketones (excluding diaryl/α,β-unsaturated/α-hetero) is 2. The van der Waals surface area contributed by atoms with E-state index in [1.54, 1.807) is 17.0 Å². The van der Waals surface area contributed by atoms with Gasteiger partial charge in [-0.15, -0.1) is 0 Å². The quantitative estimate of drug-likeness (QED) is 0.262. The maximum absolute atomic E-state index is 13.5. The summed E-state index contributed by atoms with van der Waals surface area (Å²) in [7, 11) is 0. The van der Waals surface area contributed by atoms with Crippen molar-refractivity contribution in [1.29, 1.82) is 0 Å². The summed E-state index contributed by atoms with van der Waals surface area (Å²) in [5.74, 6) is -1.87. The number of nitrogens with zero attached hydrogens (tertiary/aromatic N) is 1. The third-order valence-electron chi connectivity index (χ3n) is 5.94. The molecule has 0 fully saturated rings. The van der Waals surface area contributed by atoms with E-state index in [1.165, 1.54) is 19.1 Å². The molecule has 0 aliphatic rings. The molecule has 0 unspecified atom stereocenters. The van der Waals surface area contributed by atoms with Gasteiger partial charge >= 0.3 is 0 Å². The summed E-state index contributed by atoms with van der Waals surface area (Å²) >= 11 is 0. The monoisotopic (exact) mass is 479 g/mol. The largest absolute Gasteiger partial charge is 0.508 e. The number of carbonyl (C=O) groups excluding carboxylic acids is 3. The number of amides is 1. The van der Waals surface area contributed by atoms with Crippen molar-refractivity contribution in [1.82, 2.24) is 0 Å². The van der Waals surface area contributed by atoms with Gasteiger partial charge < -0.3 is 15.1 Å². The lowest BCUT2D eigenvalue weighted by atomic mass is 9.96. The van der Waals surface area contributed by atoms with Gasteiger partial charge in [-0.2, -0.15) is 0 Å². The van der Waals surface area contributed by atoms with E-state index in [4.69, 9.17) is 0 Å². The molecule has 36 heavy (non-hydrogen) atoms. The molecule has 0 heterocycles. The summed E-state index contributed by atoms with van der Waals surface area (Å²) < 4.78 is 0. The Balaban J connectivity index is 1.68. The smallest absolute Gasteiger partial charge is 0.262 e. The number of aromatic hydroxyl groups is 2. The lowest BCUT2D eigenvalue weighted by Crippen LogP contribution is -2.30. The highest BCUT2D eigenvalue weighted by Crippen LogP contribution is 2.30. The Hall–Kier alpha value is -4.71. The first-order valence-electron chi connectivity index (χ1n) is 11.4. The van der Waals surface area contributed by atoms with E-state index in [0.29, 0.717) is 11.3 Å². The Bertz CT molecular complexity index is 1440. The lowest BCUT2D eigenvalue weighted by molar-refractivity contribution is -0.113. The molecule has 0 atom stereocenters. The number of ketones is 2. The minimum Gasteiger partial charge on any atom is -0.508 e. The summed E-state index contributed by atoms with van der Waals surface area (Å²) in [5.41, 5.74) is 4.61. The van der Waals surface area contributed by atoms with Gasteiger partial charge in [0.1, 0.15) is 11.5 Å². The molecular weight excluding hydrogens is 454 g/mol. The molecule has 0 spiro atoms. The van der Waals surface area contributed by atoms with E-state index in [9.17, 15) is 24.6 Å². The summed E-state index contributed by atoms with van der Waals surface area (Å²) in [6.45, 7) is 3.41. The SMILES string of the molecule is CC(=O)C(=O)c1ccc(-c2ccc(N(Cc3ccccc3)C(=O)c3ccc(O)cc3O)cc2)c(C)c1. The number of phenols is 2. The zero-order chi connectivity index (χ0) is 25.8. The standard InChI is InChI=1S/C30H25NO5/c1-19-16-23(29(35)20(2)32)10-14-26(19)22-8-11-24(12-9-22)31(18-21-6-4-3-5-7-21)30(36)27-15-13-25(33)17-28(27)34/h3-17,33-34H,18H2,1-2H3. The Morgan fingerprint density at radius 3 is 2.11 bits per heavy atom. The van der Waals surface area contributed by atoms with Gasteiger partial charge in [0.25, 0.3) is 5.91 Å². The van der Waals surface area contributed by atoms with E-state index < -0.39 is 17.5 Å². The molecule has 0 aromatic heterocycles. The van der Waals surface area contributed by atoms with E-state index in [0.717, 1.165) is 28.3 Å². The van der Waals surface area contributed by atoms with Crippen molar-refractivity contribution in [3.63, 3.8) is 0 Å². The Morgan fingerprint density at radius 2 is 1.50 bits per heavy atom. The number of hydrogen-bond donors (Lipinski definition) is 2. The molecule has 0 aliphatic heterocycles. The average Bonchev–Trinajstić information content (AvgIpc) is 2.87. The predicted octanol–water partition coefficient (Wildman–Crippen LogP) is 5.69. The second-order valence-corrected chi connectivity index (χ2v) is 8.54. The van der Waals surface area contributed by atoms with Gasteiger partial charge in [0.05, 0.1) is 12.1 Å². The van der Waals surface area contributed by atoms with Crippen molar-refractivity contribution in [2.45, 2.75) is 20.4 Å².